The summed E-state index contributed by atoms with van der Waals surface area (Å²) in [5.41, 5.74) is 0.948. The largest absolute Gasteiger partial charge is 0.492 e. The molecule has 11 heteroatoms. The van der Waals surface area contributed by atoms with E-state index in [0.29, 0.717) is 35.4 Å². The molecule has 0 heterocycles. The van der Waals surface area contributed by atoms with Crippen LogP contribution in [0, 0.1) is 0 Å². The quantitative estimate of drug-likeness (QED) is 0.198. The first-order chi connectivity index (χ1) is 20.1. The zero-order valence-corrected chi connectivity index (χ0v) is 26.4. The van der Waals surface area contributed by atoms with Gasteiger partial charge in [-0.3, -0.25) is 13.9 Å². The summed E-state index contributed by atoms with van der Waals surface area (Å²) in [6.07, 6.45) is 2.03. The van der Waals surface area contributed by atoms with Crippen LogP contribution in [0.25, 0.3) is 0 Å². The second kappa shape index (κ2) is 15.8. The van der Waals surface area contributed by atoms with Crippen molar-refractivity contribution in [2.75, 3.05) is 24.0 Å². The minimum atomic E-state index is -4.26. The highest BCUT2D eigenvalue weighted by Gasteiger charge is 2.34. The number of ether oxygens (including phenoxy) is 1. The van der Waals surface area contributed by atoms with Gasteiger partial charge in [-0.2, -0.15) is 0 Å². The lowest BCUT2D eigenvalue weighted by Crippen LogP contribution is -2.52. The van der Waals surface area contributed by atoms with Crippen LogP contribution in [-0.2, 0) is 26.2 Å². The Hall–Kier alpha value is -3.27. The van der Waals surface area contributed by atoms with Gasteiger partial charge in [0, 0.05) is 23.1 Å². The minimum absolute atomic E-state index is 0.0420. The van der Waals surface area contributed by atoms with Crippen molar-refractivity contribution >= 4 is 50.7 Å². The molecule has 2 amide bonds. The number of nitrogens with zero attached hydrogens (tertiary/aromatic N) is 2. The highest BCUT2D eigenvalue weighted by atomic mass is 35.5. The average molecular weight is 635 g/mol. The zero-order valence-electron chi connectivity index (χ0n) is 24.1. The molecule has 42 heavy (non-hydrogen) atoms. The third kappa shape index (κ3) is 8.63. The van der Waals surface area contributed by atoms with Crippen molar-refractivity contribution in [3.05, 3.63) is 88.4 Å². The summed E-state index contributed by atoms with van der Waals surface area (Å²) in [4.78, 5) is 28.9. The lowest BCUT2D eigenvalue weighted by molar-refractivity contribution is -0.140. The van der Waals surface area contributed by atoms with Crippen LogP contribution in [0.4, 0.5) is 5.69 Å². The number of amides is 2. The van der Waals surface area contributed by atoms with Crippen molar-refractivity contribution in [3.63, 3.8) is 0 Å². The van der Waals surface area contributed by atoms with E-state index in [2.05, 4.69) is 5.32 Å². The van der Waals surface area contributed by atoms with E-state index in [1.165, 1.54) is 29.2 Å². The van der Waals surface area contributed by atoms with Gasteiger partial charge in [-0.1, -0.05) is 67.7 Å². The molecule has 3 aromatic rings. The second-order valence-corrected chi connectivity index (χ2v) is 12.3. The van der Waals surface area contributed by atoms with Crippen LogP contribution < -0.4 is 14.4 Å². The number of halogens is 2. The van der Waals surface area contributed by atoms with E-state index in [1.807, 2.05) is 13.8 Å². The Bertz CT molecular complexity index is 1430. The summed E-state index contributed by atoms with van der Waals surface area (Å²) < 4.78 is 34.9. The van der Waals surface area contributed by atoms with Crippen molar-refractivity contribution in [2.45, 2.75) is 57.5 Å². The SMILES string of the molecule is CCCCNC(=O)[C@@H](CC)N(Cc1ccc(Cl)cc1)C(=O)CN(c1ccccc1OCC)S(=O)(=O)c1ccc(Cl)cc1. The number of nitrogens with one attached hydrogen (secondary N) is 1. The van der Waals surface area contributed by atoms with Crippen molar-refractivity contribution in [1.29, 1.82) is 0 Å². The molecule has 0 aliphatic heterocycles. The third-order valence-electron chi connectivity index (χ3n) is 6.60. The van der Waals surface area contributed by atoms with Gasteiger partial charge in [-0.05, 0) is 73.9 Å². The first kappa shape index (κ1) is 33.2. The molecule has 8 nitrogen and oxygen atoms in total. The highest BCUT2D eigenvalue weighted by Crippen LogP contribution is 2.33. The molecule has 0 saturated heterocycles. The van der Waals surface area contributed by atoms with Gasteiger partial charge in [-0.25, -0.2) is 8.42 Å². The molecule has 0 radical (unpaired) electrons. The zero-order chi connectivity index (χ0) is 30.7. The Labute approximate surface area is 258 Å². The van der Waals surface area contributed by atoms with Crippen LogP contribution in [0.2, 0.25) is 10.0 Å². The lowest BCUT2D eigenvalue weighted by Gasteiger charge is -2.33. The fourth-order valence-corrected chi connectivity index (χ4v) is 6.08. The van der Waals surface area contributed by atoms with Gasteiger partial charge < -0.3 is 15.0 Å². The molecule has 0 aromatic heterocycles. The molecule has 0 aliphatic carbocycles. The maximum Gasteiger partial charge on any atom is 0.264 e. The summed E-state index contributed by atoms with van der Waals surface area (Å²) in [6.45, 7) is 5.91. The topological polar surface area (TPSA) is 96.0 Å². The monoisotopic (exact) mass is 633 g/mol. The standard InChI is InChI=1S/C31H37Cl2N3O5S/c1-4-7-20-34-31(38)27(5-2)35(21-23-12-14-24(32)15-13-23)30(37)22-36(28-10-8-9-11-29(28)41-6-3)42(39,40)26-18-16-25(33)17-19-26/h8-19,27H,4-7,20-22H2,1-3H3,(H,34,38)/t27-/m1/s1. The molecule has 3 aromatic carbocycles. The number of hydrogen-bond acceptors (Lipinski definition) is 5. The number of sulfonamides is 1. The fourth-order valence-electron chi connectivity index (χ4n) is 4.40. The van der Waals surface area contributed by atoms with E-state index in [1.54, 1.807) is 55.5 Å². The Morgan fingerprint density at radius 2 is 1.52 bits per heavy atom. The smallest absolute Gasteiger partial charge is 0.264 e. The maximum absolute atomic E-state index is 14.2. The Morgan fingerprint density at radius 1 is 0.905 bits per heavy atom. The molecule has 0 unspecified atom stereocenters. The van der Waals surface area contributed by atoms with Crippen molar-refractivity contribution in [3.8, 4) is 5.75 Å². The number of carbonyl (C=O) groups is 2. The first-order valence-electron chi connectivity index (χ1n) is 13.9. The summed E-state index contributed by atoms with van der Waals surface area (Å²) >= 11 is 12.1. The van der Waals surface area contributed by atoms with Crippen LogP contribution in [0.15, 0.2) is 77.7 Å². The molecule has 0 aliphatic rings. The van der Waals surface area contributed by atoms with Gasteiger partial charge in [0.2, 0.25) is 11.8 Å². The number of hydrogen-bond donors (Lipinski definition) is 1. The van der Waals surface area contributed by atoms with E-state index < -0.39 is 28.5 Å². The number of benzene rings is 3. The number of anilines is 1. The van der Waals surface area contributed by atoms with Gasteiger partial charge in [0.25, 0.3) is 10.0 Å². The Balaban J connectivity index is 2.08. The summed E-state index contributed by atoms with van der Waals surface area (Å²) in [7, 11) is -4.26. The van der Waals surface area contributed by atoms with Gasteiger partial charge in [-0.15, -0.1) is 0 Å². The van der Waals surface area contributed by atoms with E-state index >= 15 is 0 Å². The summed E-state index contributed by atoms with van der Waals surface area (Å²) in [5.74, 6) is -0.541. The molecule has 3 rings (SSSR count). The predicted molar refractivity (Wildman–Crippen MR) is 168 cm³/mol. The highest BCUT2D eigenvalue weighted by molar-refractivity contribution is 7.92. The molecule has 1 N–H and O–H groups in total. The minimum Gasteiger partial charge on any atom is -0.492 e. The first-order valence-corrected chi connectivity index (χ1v) is 16.1. The number of carbonyl (C=O) groups excluding carboxylic acids is 2. The molecule has 0 spiro atoms. The molecule has 0 bridgehead atoms. The van der Waals surface area contributed by atoms with E-state index in [0.717, 1.165) is 22.7 Å². The molecule has 1 atom stereocenters. The maximum atomic E-state index is 14.2. The molecular weight excluding hydrogens is 597 g/mol. The van der Waals surface area contributed by atoms with E-state index in [-0.39, 0.29) is 23.0 Å². The number of para-hydroxylation sites is 2. The Morgan fingerprint density at radius 3 is 2.12 bits per heavy atom. The van der Waals surface area contributed by atoms with Gasteiger partial charge in [0.15, 0.2) is 0 Å². The van der Waals surface area contributed by atoms with Crippen LogP contribution in [0.5, 0.6) is 5.75 Å². The summed E-state index contributed by atoms with van der Waals surface area (Å²) in [6, 6.07) is 18.5. The van der Waals surface area contributed by atoms with Crippen LogP contribution in [0.1, 0.15) is 45.6 Å². The molecule has 0 saturated carbocycles. The van der Waals surface area contributed by atoms with Crippen molar-refractivity contribution in [2.24, 2.45) is 0 Å². The average Bonchev–Trinajstić information content (AvgIpc) is 2.97. The van der Waals surface area contributed by atoms with Crippen molar-refractivity contribution in [1.82, 2.24) is 10.2 Å². The van der Waals surface area contributed by atoms with Crippen molar-refractivity contribution < 1.29 is 22.7 Å². The number of unbranched alkanes of at least 4 members (excludes halogenated alkanes) is 1. The normalized spacial score (nSPS) is 11.9. The van der Waals surface area contributed by atoms with E-state index in [4.69, 9.17) is 27.9 Å². The fraction of sp³-hybridized carbons (Fsp3) is 0.355. The second-order valence-electron chi connectivity index (χ2n) is 9.58. The van der Waals surface area contributed by atoms with E-state index in [9.17, 15) is 18.0 Å². The van der Waals surface area contributed by atoms with Crippen LogP contribution >= 0.6 is 23.2 Å². The molecular formula is C31H37Cl2N3O5S. The van der Waals surface area contributed by atoms with Crippen LogP contribution in [0.3, 0.4) is 0 Å². The van der Waals surface area contributed by atoms with Gasteiger partial charge in [0.05, 0.1) is 17.2 Å². The predicted octanol–water partition coefficient (Wildman–Crippen LogP) is 6.31. The van der Waals surface area contributed by atoms with Crippen LogP contribution in [-0.4, -0.2) is 50.9 Å². The lowest BCUT2D eigenvalue weighted by atomic mass is 10.1. The van der Waals surface area contributed by atoms with Gasteiger partial charge in [0.1, 0.15) is 18.3 Å². The Kier molecular flexibility index (Phi) is 12.5. The molecule has 0 fully saturated rings. The van der Waals surface area contributed by atoms with Gasteiger partial charge >= 0.3 is 0 Å². The summed E-state index contributed by atoms with van der Waals surface area (Å²) in [5, 5.41) is 3.83. The third-order valence-corrected chi connectivity index (χ3v) is 8.87. The number of rotatable bonds is 15. The molecule has 226 valence electrons.